The van der Waals surface area contributed by atoms with Crippen LogP contribution in [0.25, 0.3) is 0 Å². The molecule has 4 heteroatoms. The molecule has 4 nitrogen and oxygen atoms in total. The molecule has 0 aliphatic carbocycles. The molecule has 122 valence electrons. The Bertz CT molecular complexity index is 450. The zero-order valence-corrected chi connectivity index (χ0v) is 13.5. The molecule has 1 aromatic carbocycles. The molecule has 1 amide bonds. The minimum atomic E-state index is 0.0580. The lowest BCUT2D eigenvalue weighted by Gasteiger charge is -2.34. The van der Waals surface area contributed by atoms with Crippen molar-refractivity contribution in [3.8, 4) is 0 Å². The number of hydrogen-bond acceptors (Lipinski definition) is 3. The first-order chi connectivity index (χ1) is 10.7. The molecule has 1 heterocycles. The Kier molecular flexibility index (Phi) is 6.87. The van der Waals surface area contributed by atoms with Crippen LogP contribution in [0.5, 0.6) is 0 Å². The SMILES string of the molecule is CCCC(NC(=O)CN1CCCCC1CO)c1ccccc1. The number of carbonyl (C=O) groups is 1. The normalized spacial score (nSPS) is 20.5. The number of nitrogens with zero attached hydrogens (tertiary/aromatic N) is 1. The van der Waals surface area contributed by atoms with Crippen LogP contribution in [0.1, 0.15) is 50.6 Å². The van der Waals surface area contributed by atoms with Crippen LogP contribution in [-0.4, -0.2) is 41.7 Å². The van der Waals surface area contributed by atoms with Crippen LogP contribution in [0.15, 0.2) is 30.3 Å². The molecule has 1 aliphatic rings. The van der Waals surface area contributed by atoms with Gasteiger partial charge in [0, 0.05) is 6.04 Å². The molecule has 22 heavy (non-hydrogen) atoms. The van der Waals surface area contributed by atoms with Gasteiger partial charge in [0.25, 0.3) is 0 Å². The smallest absolute Gasteiger partial charge is 0.234 e. The minimum Gasteiger partial charge on any atom is -0.395 e. The average molecular weight is 304 g/mol. The molecule has 2 rings (SSSR count). The summed E-state index contributed by atoms with van der Waals surface area (Å²) in [4.78, 5) is 14.5. The van der Waals surface area contributed by atoms with Crippen LogP contribution in [0.2, 0.25) is 0 Å². The molecule has 1 aliphatic heterocycles. The van der Waals surface area contributed by atoms with E-state index in [9.17, 15) is 9.90 Å². The molecule has 0 spiro atoms. The second-order valence-electron chi connectivity index (χ2n) is 6.12. The fourth-order valence-electron chi connectivity index (χ4n) is 3.20. The van der Waals surface area contributed by atoms with Gasteiger partial charge in [0.1, 0.15) is 0 Å². The molecule has 1 fully saturated rings. The molecule has 0 saturated carbocycles. The number of nitrogens with one attached hydrogen (secondary N) is 1. The first-order valence-electron chi connectivity index (χ1n) is 8.43. The Morgan fingerprint density at radius 2 is 2.14 bits per heavy atom. The molecule has 0 aromatic heterocycles. The Labute approximate surface area is 133 Å². The van der Waals surface area contributed by atoms with E-state index in [1.54, 1.807) is 0 Å². The molecule has 1 saturated heterocycles. The summed E-state index contributed by atoms with van der Waals surface area (Å²) < 4.78 is 0. The Morgan fingerprint density at radius 3 is 2.82 bits per heavy atom. The molecule has 0 radical (unpaired) electrons. The van der Waals surface area contributed by atoms with E-state index in [4.69, 9.17) is 0 Å². The summed E-state index contributed by atoms with van der Waals surface area (Å²) in [6.07, 6.45) is 5.22. The summed E-state index contributed by atoms with van der Waals surface area (Å²) in [6, 6.07) is 10.4. The molecule has 2 unspecified atom stereocenters. The first-order valence-corrected chi connectivity index (χ1v) is 8.43. The van der Waals surface area contributed by atoms with Gasteiger partial charge < -0.3 is 10.4 Å². The topological polar surface area (TPSA) is 52.6 Å². The lowest BCUT2D eigenvalue weighted by Crippen LogP contribution is -2.47. The number of amides is 1. The van der Waals surface area contributed by atoms with Crippen molar-refractivity contribution in [2.75, 3.05) is 19.7 Å². The van der Waals surface area contributed by atoms with E-state index in [0.29, 0.717) is 6.54 Å². The van der Waals surface area contributed by atoms with Crippen LogP contribution in [0.3, 0.4) is 0 Å². The van der Waals surface area contributed by atoms with Crippen molar-refractivity contribution in [2.24, 2.45) is 0 Å². The zero-order valence-electron chi connectivity index (χ0n) is 13.5. The minimum absolute atomic E-state index is 0.0580. The van der Waals surface area contributed by atoms with Crippen molar-refractivity contribution in [1.82, 2.24) is 10.2 Å². The molecular weight excluding hydrogens is 276 g/mol. The van der Waals surface area contributed by atoms with Crippen molar-refractivity contribution in [1.29, 1.82) is 0 Å². The van der Waals surface area contributed by atoms with E-state index in [-0.39, 0.29) is 24.6 Å². The third-order valence-corrected chi connectivity index (χ3v) is 4.42. The number of hydrogen-bond donors (Lipinski definition) is 2. The lowest BCUT2D eigenvalue weighted by atomic mass is 10.0. The number of benzene rings is 1. The van der Waals surface area contributed by atoms with Crippen molar-refractivity contribution in [3.63, 3.8) is 0 Å². The van der Waals surface area contributed by atoms with E-state index >= 15 is 0 Å². The third kappa shape index (κ3) is 4.82. The van der Waals surface area contributed by atoms with Gasteiger partial charge in [-0.15, -0.1) is 0 Å². The summed E-state index contributed by atoms with van der Waals surface area (Å²) in [5, 5.41) is 12.6. The highest BCUT2D eigenvalue weighted by molar-refractivity contribution is 5.78. The first kappa shape index (κ1) is 17.0. The van der Waals surface area contributed by atoms with E-state index in [1.165, 1.54) is 0 Å². The van der Waals surface area contributed by atoms with E-state index in [1.807, 2.05) is 18.2 Å². The highest BCUT2D eigenvalue weighted by atomic mass is 16.3. The average Bonchev–Trinajstić information content (AvgIpc) is 2.56. The number of likely N-dealkylation sites (tertiary alicyclic amines) is 1. The molecular formula is C18H28N2O2. The zero-order chi connectivity index (χ0) is 15.8. The number of piperidine rings is 1. The van der Waals surface area contributed by atoms with Gasteiger partial charge in [-0.1, -0.05) is 50.1 Å². The number of aliphatic hydroxyl groups is 1. The van der Waals surface area contributed by atoms with Gasteiger partial charge in [0.15, 0.2) is 0 Å². The van der Waals surface area contributed by atoms with Crippen LogP contribution in [-0.2, 0) is 4.79 Å². The van der Waals surface area contributed by atoms with Gasteiger partial charge in [-0.05, 0) is 31.4 Å². The summed E-state index contributed by atoms with van der Waals surface area (Å²) in [6.45, 7) is 3.57. The highest BCUT2D eigenvalue weighted by Crippen LogP contribution is 2.19. The highest BCUT2D eigenvalue weighted by Gasteiger charge is 2.24. The van der Waals surface area contributed by atoms with Gasteiger partial charge >= 0.3 is 0 Å². The van der Waals surface area contributed by atoms with Crippen LogP contribution >= 0.6 is 0 Å². The predicted octanol–water partition coefficient (Wildman–Crippen LogP) is 2.49. The third-order valence-electron chi connectivity index (χ3n) is 4.42. The van der Waals surface area contributed by atoms with Gasteiger partial charge in [0.05, 0.1) is 19.2 Å². The van der Waals surface area contributed by atoms with Gasteiger partial charge in [-0.3, -0.25) is 9.69 Å². The van der Waals surface area contributed by atoms with Crippen molar-refractivity contribution in [2.45, 2.75) is 51.1 Å². The van der Waals surface area contributed by atoms with Crippen LogP contribution in [0, 0.1) is 0 Å². The monoisotopic (exact) mass is 304 g/mol. The molecule has 1 aromatic rings. The van der Waals surface area contributed by atoms with E-state index in [0.717, 1.165) is 44.2 Å². The van der Waals surface area contributed by atoms with Crippen molar-refractivity contribution < 1.29 is 9.90 Å². The van der Waals surface area contributed by atoms with Gasteiger partial charge in [-0.2, -0.15) is 0 Å². The Morgan fingerprint density at radius 1 is 1.36 bits per heavy atom. The number of aliphatic hydroxyl groups excluding tert-OH is 1. The van der Waals surface area contributed by atoms with Gasteiger partial charge in [0.2, 0.25) is 5.91 Å². The second-order valence-corrected chi connectivity index (χ2v) is 6.12. The maximum absolute atomic E-state index is 12.4. The fraction of sp³-hybridized carbons (Fsp3) is 0.611. The fourth-order valence-corrected chi connectivity index (χ4v) is 3.20. The largest absolute Gasteiger partial charge is 0.395 e. The predicted molar refractivity (Wildman–Crippen MR) is 88.5 cm³/mol. The lowest BCUT2D eigenvalue weighted by molar-refractivity contribution is -0.124. The summed E-state index contributed by atoms with van der Waals surface area (Å²) in [5.74, 6) is 0.0580. The van der Waals surface area contributed by atoms with E-state index in [2.05, 4.69) is 29.3 Å². The summed E-state index contributed by atoms with van der Waals surface area (Å²) >= 11 is 0. The Hall–Kier alpha value is -1.39. The molecule has 2 N–H and O–H groups in total. The summed E-state index contributed by atoms with van der Waals surface area (Å²) in [5.41, 5.74) is 1.16. The van der Waals surface area contributed by atoms with E-state index < -0.39 is 0 Å². The number of carbonyl (C=O) groups excluding carboxylic acids is 1. The van der Waals surface area contributed by atoms with Crippen molar-refractivity contribution >= 4 is 5.91 Å². The standard InChI is InChI=1S/C18H28N2O2/c1-2-8-17(15-9-4-3-5-10-15)19-18(22)13-20-12-7-6-11-16(20)14-21/h3-5,9-10,16-17,21H,2,6-8,11-14H2,1H3,(H,19,22). The second kappa shape index (κ2) is 8.91. The van der Waals surface area contributed by atoms with Gasteiger partial charge in [-0.25, -0.2) is 0 Å². The van der Waals surface area contributed by atoms with Crippen molar-refractivity contribution in [3.05, 3.63) is 35.9 Å². The Balaban J connectivity index is 1.93. The maximum atomic E-state index is 12.4. The van der Waals surface area contributed by atoms with Crippen LogP contribution in [0.4, 0.5) is 0 Å². The quantitative estimate of drug-likeness (QED) is 0.814. The molecule has 2 atom stereocenters. The maximum Gasteiger partial charge on any atom is 0.234 e. The van der Waals surface area contributed by atoms with Crippen LogP contribution < -0.4 is 5.32 Å². The summed E-state index contributed by atoms with van der Waals surface area (Å²) in [7, 11) is 0. The molecule has 0 bridgehead atoms. The number of rotatable bonds is 7.